The van der Waals surface area contributed by atoms with Crippen LogP contribution in [0.3, 0.4) is 0 Å². The molecule has 1 aromatic rings. The molecule has 0 radical (unpaired) electrons. The second-order valence-corrected chi connectivity index (χ2v) is 6.31. The van der Waals surface area contributed by atoms with Gasteiger partial charge < -0.3 is 10.2 Å². The lowest BCUT2D eigenvalue weighted by Gasteiger charge is -2.27. The van der Waals surface area contributed by atoms with Gasteiger partial charge in [-0.25, -0.2) is 0 Å². The summed E-state index contributed by atoms with van der Waals surface area (Å²) in [6.07, 6.45) is 0.420. The van der Waals surface area contributed by atoms with Gasteiger partial charge in [-0.05, 0) is 25.5 Å². The van der Waals surface area contributed by atoms with Crippen LogP contribution in [0.2, 0.25) is 0 Å². The average Bonchev–Trinajstić information content (AvgIpc) is 2.41. The predicted molar refractivity (Wildman–Crippen MR) is 71.2 cm³/mol. The van der Waals surface area contributed by atoms with Crippen molar-refractivity contribution in [1.82, 2.24) is 0 Å². The maximum absolute atomic E-state index is 12.0. The highest BCUT2D eigenvalue weighted by molar-refractivity contribution is 7.86. The molecule has 5 nitrogen and oxygen atoms in total. The van der Waals surface area contributed by atoms with Crippen LogP contribution < -0.4 is 0 Å². The summed E-state index contributed by atoms with van der Waals surface area (Å²) in [7, 11) is -3.86. The van der Waals surface area contributed by atoms with Crippen molar-refractivity contribution in [2.24, 2.45) is 5.41 Å². The third-order valence-electron chi connectivity index (χ3n) is 3.25. The number of rotatable bonds is 7. The smallest absolute Gasteiger partial charge is 0.296 e. The molecule has 0 aromatic heterocycles. The Hall–Kier alpha value is -0.950. The molecule has 0 amide bonds. The van der Waals surface area contributed by atoms with Gasteiger partial charge in [0.05, 0.1) is 24.7 Å². The van der Waals surface area contributed by atoms with Crippen LogP contribution in [0.1, 0.15) is 18.9 Å². The molecule has 0 spiro atoms. The van der Waals surface area contributed by atoms with Gasteiger partial charge in [-0.2, -0.15) is 8.42 Å². The molecular weight excluding hydrogens is 268 g/mol. The van der Waals surface area contributed by atoms with E-state index in [1.54, 1.807) is 19.1 Å². The lowest BCUT2D eigenvalue weighted by atomic mass is 9.88. The van der Waals surface area contributed by atoms with Crippen molar-refractivity contribution in [3.05, 3.63) is 29.8 Å². The Labute approximate surface area is 114 Å². The standard InChI is InChI=1S/C13H20O5S/c1-3-13(8-14,9-15)10-18-19(16,17)12-6-4-11(2)5-7-12/h4-7,14-15H,3,8-10H2,1-2H3. The fourth-order valence-electron chi connectivity index (χ4n) is 1.44. The van der Waals surface area contributed by atoms with E-state index in [1.165, 1.54) is 12.1 Å². The van der Waals surface area contributed by atoms with Crippen LogP contribution in [0.15, 0.2) is 29.2 Å². The van der Waals surface area contributed by atoms with Crippen molar-refractivity contribution < 1.29 is 22.8 Å². The molecule has 0 aliphatic carbocycles. The molecule has 0 aliphatic heterocycles. The van der Waals surface area contributed by atoms with Gasteiger partial charge in [-0.15, -0.1) is 0 Å². The molecule has 0 unspecified atom stereocenters. The van der Waals surface area contributed by atoms with E-state index in [0.29, 0.717) is 6.42 Å². The minimum Gasteiger partial charge on any atom is -0.396 e. The predicted octanol–water partition coefficient (Wildman–Crippen LogP) is 1.08. The second kappa shape index (κ2) is 6.47. The van der Waals surface area contributed by atoms with E-state index in [-0.39, 0.29) is 24.7 Å². The van der Waals surface area contributed by atoms with E-state index >= 15 is 0 Å². The van der Waals surface area contributed by atoms with Crippen LogP contribution in [0, 0.1) is 12.3 Å². The maximum atomic E-state index is 12.0. The zero-order chi connectivity index (χ0) is 14.5. The van der Waals surface area contributed by atoms with Gasteiger partial charge in [-0.3, -0.25) is 4.18 Å². The molecule has 1 rings (SSSR count). The Morgan fingerprint density at radius 3 is 2.11 bits per heavy atom. The summed E-state index contributed by atoms with van der Waals surface area (Å²) in [5, 5.41) is 18.5. The normalized spacial score (nSPS) is 12.6. The highest BCUT2D eigenvalue weighted by Crippen LogP contribution is 2.23. The van der Waals surface area contributed by atoms with Crippen LogP contribution in [0.4, 0.5) is 0 Å². The molecule has 108 valence electrons. The Kier molecular flexibility index (Phi) is 5.49. The highest BCUT2D eigenvalue weighted by atomic mass is 32.2. The summed E-state index contributed by atoms with van der Waals surface area (Å²) in [4.78, 5) is 0.0685. The molecular formula is C13H20O5S. The number of hydrogen-bond acceptors (Lipinski definition) is 5. The first-order chi connectivity index (χ1) is 8.89. The molecule has 0 saturated carbocycles. The van der Waals surface area contributed by atoms with Crippen molar-refractivity contribution in [1.29, 1.82) is 0 Å². The van der Waals surface area contributed by atoms with E-state index < -0.39 is 15.5 Å². The molecule has 0 heterocycles. The quantitative estimate of drug-likeness (QED) is 0.734. The zero-order valence-corrected chi connectivity index (χ0v) is 12.0. The first-order valence-electron chi connectivity index (χ1n) is 6.07. The lowest BCUT2D eigenvalue weighted by Crippen LogP contribution is -2.35. The summed E-state index contributed by atoms with van der Waals surface area (Å²) >= 11 is 0. The third kappa shape index (κ3) is 4.01. The lowest BCUT2D eigenvalue weighted by molar-refractivity contribution is 0.0135. The third-order valence-corrected chi connectivity index (χ3v) is 4.53. The van der Waals surface area contributed by atoms with E-state index in [2.05, 4.69) is 0 Å². The summed E-state index contributed by atoms with van der Waals surface area (Å²) in [5.41, 5.74) is 0.0187. The largest absolute Gasteiger partial charge is 0.396 e. The fourth-order valence-corrected chi connectivity index (χ4v) is 2.45. The molecule has 0 atom stereocenters. The second-order valence-electron chi connectivity index (χ2n) is 4.70. The van der Waals surface area contributed by atoms with Crippen molar-refractivity contribution in [3.63, 3.8) is 0 Å². The Bertz CT molecular complexity index is 480. The van der Waals surface area contributed by atoms with Crippen LogP contribution in [-0.4, -0.2) is 38.5 Å². The number of aryl methyl sites for hydroxylation is 1. The SMILES string of the molecule is CCC(CO)(CO)COS(=O)(=O)c1ccc(C)cc1. The maximum Gasteiger partial charge on any atom is 0.296 e. The van der Waals surface area contributed by atoms with Crippen LogP contribution >= 0.6 is 0 Å². The summed E-state index contributed by atoms with van der Waals surface area (Å²) in [6.45, 7) is 2.71. The van der Waals surface area contributed by atoms with E-state index in [0.717, 1.165) is 5.56 Å². The van der Waals surface area contributed by atoms with Gasteiger partial charge in [0.2, 0.25) is 0 Å². The number of benzene rings is 1. The monoisotopic (exact) mass is 288 g/mol. The van der Waals surface area contributed by atoms with Gasteiger partial charge in [0.1, 0.15) is 0 Å². The van der Waals surface area contributed by atoms with E-state index in [4.69, 9.17) is 4.18 Å². The van der Waals surface area contributed by atoms with Gasteiger partial charge in [0.15, 0.2) is 0 Å². The van der Waals surface area contributed by atoms with Gasteiger partial charge in [0, 0.05) is 5.41 Å². The molecule has 19 heavy (non-hydrogen) atoms. The molecule has 1 aromatic carbocycles. The number of hydrogen-bond donors (Lipinski definition) is 2. The number of aliphatic hydroxyl groups excluding tert-OH is 2. The van der Waals surface area contributed by atoms with E-state index in [1.807, 2.05) is 6.92 Å². The summed E-state index contributed by atoms with van der Waals surface area (Å²) < 4.78 is 28.9. The minimum atomic E-state index is -3.86. The van der Waals surface area contributed by atoms with Crippen molar-refractivity contribution >= 4 is 10.1 Å². The minimum absolute atomic E-state index is 0.0685. The van der Waals surface area contributed by atoms with Gasteiger partial charge in [-0.1, -0.05) is 24.6 Å². The molecule has 0 bridgehead atoms. The topological polar surface area (TPSA) is 83.8 Å². The van der Waals surface area contributed by atoms with Crippen molar-refractivity contribution in [3.8, 4) is 0 Å². The van der Waals surface area contributed by atoms with Crippen molar-refractivity contribution in [2.75, 3.05) is 19.8 Å². The summed E-state index contributed by atoms with van der Waals surface area (Å²) in [5.74, 6) is 0. The molecule has 0 fully saturated rings. The molecule has 0 aliphatic rings. The van der Waals surface area contributed by atoms with Gasteiger partial charge >= 0.3 is 0 Å². The Morgan fingerprint density at radius 2 is 1.68 bits per heavy atom. The van der Waals surface area contributed by atoms with Crippen LogP contribution in [0.5, 0.6) is 0 Å². The first kappa shape index (κ1) is 16.1. The first-order valence-corrected chi connectivity index (χ1v) is 7.48. The van der Waals surface area contributed by atoms with Crippen LogP contribution in [-0.2, 0) is 14.3 Å². The van der Waals surface area contributed by atoms with Crippen molar-refractivity contribution in [2.45, 2.75) is 25.2 Å². The molecule has 6 heteroatoms. The fraction of sp³-hybridized carbons (Fsp3) is 0.538. The van der Waals surface area contributed by atoms with Crippen LogP contribution in [0.25, 0.3) is 0 Å². The summed E-state index contributed by atoms with van der Waals surface area (Å²) in [6, 6.07) is 6.30. The molecule has 2 N–H and O–H groups in total. The highest BCUT2D eigenvalue weighted by Gasteiger charge is 2.30. The Morgan fingerprint density at radius 1 is 1.16 bits per heavy atom. The number of aliphatic hydroxyl groups is 2. The zero-order valence-electron chi connectivity index (χ0n) is 11.2. The average molecular weight is 288 g/mol. The Balaban J connectivity index is 2.83. The van der Waals surface area contributed by atoms with Gasteiger partial charge in [0.25, 0.3) is 10.1 Å². The molecule has 0 saturated heterocycles. The van der Waals surface area contributed by atoms with E-state index in [9.17, 15) is 18.6 Å².